The molecule has 14 heteroatoms. The van der Waals surface area contributed by atoms with Crippen LogP contribution < -0.4 is 16.4 Å². The molecule has 0 saturated carbocycles. The van der Waals surface area contributed by atoms with Crippen LogP contribution in [0.4, 0.5) is 9.59 Å². The van der Waals surface area contributed by atoms with Gasteiger partial charge in [0.25, 0.3) is 22.3 Å². The van der Waals surface area contributed by atoms with Crippen molar-refractivity contribution < 1.29 is 19.2 Å². The summed E-state index contributed by atoms with van der Waals surface area (Å²) in [7, 11) is 0. The van der Waals surface area contributed by atoms with Crippen molar-refractivity contribution in [1.82, 2.24) is 35.5 Å². The van der Waals surface area contributed by atoms with E-state index in [2.05, 4.69) is 30.6 Å². The number of nitrogens with one attached hydrogen (secondary N) is 4. The first-order valence-electron chi connectivity index (χ1n) is 12.0. The summed E-state index contributed by atoms with van der Waals surface area (Å²) in [6, 6.07) is 2.89. The highest BCUT2D eigenvalue weighted by Gasteiger charge is 2.24. The summed E-state index contributed by atoms with van der Waals surface area (Å²) >= 11 is 1.50. The van der Waals surface area contributed by atoms with E-state index in [1.165, 1.54) is 12.1 Å². The maximum Gasteiger partial charge on any atom is 0.286 e. The summed E-state index contributed by atoms with van der Waals surface area (Å²) in [6.45, 7) is 5.28. The van der Waals surface area contributed by atoms with Gasteiger partial charge >= 0.3 is 0 Å². The number of aromatic amines is 2. The lowest BCUT2D eigenvalue weighted by Crippen LogP contribution is -2.30. The first-order valence-corrected chi connectivity index (χ1v) is 13.6. The number of carbonyl (C=O) groups excluding carboxylic acids is 4. The number of carbonyl (C=O) groups is 4. The number of hydrogen-bond donors (Lipinski definition) is 5. The van der Waals surface area contributed by atoms with Crippen molar-refractivity contribution in [2.45, 2.75) is 36.5 Å². The van der Waals surface area contributed by atoms with Crippen LogP contribution in [0.25, 0.3) is 0 Å². The third kappa shape index (κ3) is 8.11. The first-order chi connectivity index (χ1) is 18.3. The van der Waals surface area contributed by atoms with Gasteiger partial charge in [0, 0.05) is 61.2 Å². The Morgan fingerprint density at radius 3 is 1.71 bits per heavy atom. The van der Waals surface area contributed by atoms with Crippen molar-refractivity contribution in [3.63, 3.8) is 0 Å². The number of primary amides is 1. The van der Waals surface area contributed by atoms with Gasteiger partial charge in [-0.1, -0.05) is 0 Å². The maximum absolute atomic E-state index is 13.2. The van der Waals surface area contributed by atoms with Gasteiger partial charge in [-0.05, 0) is 49.5 Å². The number of thioether (sulfide) groups is 2. The van der Waals surface area contributed by atoms with Crippen molar-refractivity contribution >= 4 is 45.8 Å². The first kappa shape index (κ1) is 28.8. The van der Waals surface area contributed by atoms with Crippen molar-refractivity contribution in [3.05, 3.63) is 59.7 Å². The molecule has 4 amide bonds. The molecule has 0 saturated heterocycles. The van der Waals surface area contributed by atoms with E-state index in [1.807, 2.05) is 13.8 Å². The second-order valence-corrected chi connectivity index (χ2v) is 9.98. The van der Waals surface area contributed by atoms with Gasteiger partial charge in [-0.15, -0.1) is 0 Å². The van der Waals surface area contributed by atoms with Crippen LogP contribution in [-0.2, 0) is 12.8 Å². The summed E-state index contributed by atoms with van der Waals surface area (Å²) < 4.78 is 0. The molecule has 0 aliphatic rings. The Morgan fingerprint density at radius 2 is 1.32 bits per heavy atom. The molecular weight excluding hydrogens is 528 g/mol. The van der Waals surface area contributed by atoms with E-state index in [9.17, 15) is 19.2 Å². The van der Waals surface area contributed by atoms with Gasteiger partial charge in [0.2, 0.25) is 0 Å². The molecule has 0 unspecified atom stereocenters. The number of aromatic nitrogens is 4. The van der Waals surface area contributed by atoms with Crippen LogP contribution >= 0.6 is 23.5 Å². The Balaban J connectivity index is 1.89. The van der Waals surface area contributed by atoms with Gasteiger partial charge in [0.1, 0.15) is 0 Å². The Bertz CT molecular complexity index is 1240. The molecule has 0 aliphatic carbocycles. The topological polar surface area (TPSA) is 179 Å². The predicted octanol–water partition coefficient (Wildman–Crippen LogP) is 2.80. The second kappa shape index (κ2) is 14.2. The molecule has 0 fully saturated rings. The minimum absolute atomic E-state index is 0.138. The molecule has 12 nitrogen and oxygen atoms in total. The number of benzene rings is 1. The fraction of sp³-hybridized carbons (Fsp3) is 0.333. The highest BCUT2D eigenvalue weighted by molar-refractivity contribution is 8.14. The molecule has 0 bridgehead atoms. The Labute approximate surface area is 228 Å². The number of imidazole rings is 2. The van der Waals surface area contributed by atoms with E-state index >= 15 is 0 Å². The van der Waals surface area contributed by atoms with E-state index in [0.29, 0.717) is 55.7 Å². The molecule has 38 heavy (non-hydrogen) atoms. The fourth-order valence-electron chi connectivity index (χ4n) is 3.49. The molecule has 0 radical (unpaired) electrons. The number of rotatable bonds is 12. The zero-order chi connectivity index (χ0) is 27.5. The average Bonchev–Trinajstić information content (AvgIpc) is 3.59. The minimum atomic E-state index is -0.736. The standard InChI is InChI=1S/C24H30N8O4S2/c1-3-32(4-2)24(36)38-20-10-17(21(33)28-7-5-15-11-26-13-30-15)19(37-23(25)35)9-18(20)22(34)29-8-6-16-12-27-14-31-16/h9-14H,3-8H2,1-2H3,(H2,25,35)(H,26,30)(H,27,31)(H,28,33)(H,29,34). The summed E-state index contributed by atoms with van der Waals surface area (Å²) in [6.07, 6.45) is 7.55. The zero-order valence-corrected chi connectivity index (χ0v) is 22.7. The molecule has 0 spiro atoms. The molecule has 1 aromatic carbocycles. The van der Waals surface area contributed by atoms with E-state index in [4.69, 9.17) is 5.73 Å². The van der Waals surface area contributed by atoms with E-state index in [-0.39, 0.29) is 21.3 Å². The van der Waals surface area contributed by atoms with Crippen LogP contribution in [0, 0.1) is 0 Å². The number of amides is 4. The van der Waals surface area contributed by atoms with E-state index in [0.717, 1.165) is 23.1 Å². The minimum Gasteiger partial charge on any atom is -0.360 e. The highest BCUT2D eigenvalue weighted by atomic mass is 32.2. The number of H-pyrrole nitrogens is 2. The lowest BCUT2D eigenvalue weighted by atomic mass is 10.1. The molecular formula is C24H30N8O4S2. The van der Waals surface area contributed by atoms with Gasteiger partial charge < -0.3 is 31.2 Å². The molecule has 3 aromatic rings. The number of hydrogen-bond acceptors (Lipinski definition) is 8. The molecule has 0 atom stereocenters. The van der Waals surface area contributed by atoms with Crippen molar-refractivity contribution in [2.75, 3.05) is 26.2 Å². The Kier molecular flexibility index (Phi) is 10.8. The van der Waals surface area contributed by atoms with Gasteiger partial charge in [-0.3, -0.25) is 19.2 Å². The number of nitrogens with zero attached hydrogens (tertiary/aromatic N) is 3. The predicted molar refractivity (Wildman–Crippen MR) is 145 cm³/mol. The number of nitrogens with two attached hydrogens (primary N) is 1. The average molecular weight is 559 g/mol. The van der Waals surface area contributed by atoms with Crippen LogP contribution in [0.5, 0.6) is 0 Å². The summed E-state index contributed by atoms with van der Waals surface area (Å²) in [5.41, 5.74) is 7.27. The van der Waals surface area contributed by atoms with Crippen molar-refractivity contribution in [1.29, 1.82) is 0 Å². The third-order valence-electron chi connectivity index (χ3n) is 5.44. The maximum atomic E-state index is 13.2. The Morgan fingerprint density at radius 1 is 0.842 bits per heavy atom. The highest BCUT2D eigenvalue weighted by Crippen LogP contribution is 2.33. The lowest BCUT2D eigenvalue weighted by Gasteiger charge is -2.20. The smallest absolute Gasteiger partial charge is 0.286 e. The van der Waals surface area contributed by atoms with Gasteiger partial charge in [0.15, 0.2) is 0 Å². The third-order valence-corrected chi connectivity index (χ3v) is 7.19. The van der Waals surface area contributed by atoms with Crippen LogP contribution in [-0.4, -0.2) is 73.3 Å². The monoisotopic (exact) mass is 558 g/mol. The Hall–Kier alpha value is -3.78. The quantitative estimate of drug-likeness (QED) is 0.211. The van der Waals surface area contributed by atoms with Gasteiger partial charge in [-0.2, -0.15) is 0 Å². The molecule has 6 N–H and O–H groups in total. The summed E-state index contributed by atoms with van der Waals surface area (Å²) in [4.78, 5) is 67.1. The van der Waals surface area contributed by atoms with E-state index < -0.39 is 17.1 Å². The largest absolute Gasteiger partial charge is 0.360 e. The molecule has 202 valence electrons. The van der Waals surface area contributed by atoms with Crippen LogP contribution in [0.1, 0.15) is 46.0 Å². The van der Waals surface area contributed by atoms with Gasteiger partial charge in [0.05, 0.1) is 35.2 Å². The van der Waals surface area contributed by atoms with Gasteiger partial charge in [-0.25, -0.2) is 9.97 Å². The fourth-order valence-corrected chi connectivity index (χ4v) is 5.16. The normalized spacial score (nSPS) is 10.7. The van der Waals surface area contributed by atoms with Crippen molar-refractivity contribution in [3.8, 4) is 0 Å². The second-order valence-electron chi connectivity index (χ2n) is 7.94. The van der Waals surface area contributed by atoms with Crippen LogP contribution in [0.2, 0.25) is 0 Å². The zero-order valence-electron chi connectivity index (χ0n) is 21.1. The molecule has 2 aromatic heterocycles. The van der Waals surface area contributed by atoms with Crippen LogP contribution in [0.15, 0.2) is 47.0 Å². The summed E-state index contributed by atoms with van der Waals surface area (Å²) in [5, 5.41) is 4.62. The molecule has 3 rings (SSSR count). The van der Waals surface area contributed by atoms with E-state index in [1.54, 1.807) is 29.9 Å². The lowest BCUT2D eigenvalue weighted by molar-refractivity contribution is 0.0937. The van der Waals surface area contributed by atoms with Crippen LogP contribution in [0.3, 0.4) is 0 Å². The molecule has 0 aliphatic heterocycles. The molecule has 2 heterocycles. The van der Waals surface area contributed by atoms with Crippen molar-refractivity contribution in [2.24, 2.45) is 5.73 Å². The SMILES string of the molecule is CCN(CC)C(=O)Sc1cc(C(=O)NCCc2c[nH]cn2)c(SC(N)=O)cc1C(=O)NCCc1c[nH]cn1. The summed E-state index contributed by atoms with van der Waals surface area (Å²) in [5.74, 6) is -0.917.